The van der Waals surface area contributed by atoms with Crippen molar-refractivity contribution < 1.29 is 4.74 Å². The van der Waals surface area contributed by atoms with E-state index < -0.39 is 11.2 Å². The van der Waals surface area contributed by atoms with Crippen LogP contribution in [-0.2, 0) is 19.3 Å². The van der Waals surface area contributed by atoms with Crippen LogP contribution in [0.1, 0.15) is 25.6 Å². The van der Waals surface area contributed by atoms with E-state index in [-0.39, 0.29) is 0 Å². The van der Waals surface area contributed by atoms with Gasteiger partial charge in [-0.2, -0.15) is 0 Å². The lowest BCUT2D eigenvalue weighted by Gasteiger charge is -2.04. The van der Waals surface area contributed by atoms with E-state index in [1.54, 1.807) is 18.7 Å². The molecule has 0 fully saturated rings. The van der Waals surface area contributed by atoms with Gasteiger partial charge in [-0.25, -0.2) is 14.8 Å². The second-order valence-electron chi connectivity index (χ2n) is 7.01. The highest BCUT2D eigenvalue weighted by molar-refractivity contribution is 7.98. The zero-order chi connectivity index (χ0) is 22.0. The summed E-state index contributed by atoms with van der Waals surface area (Å²) >= 11 is 1.40. The number of fused-ring (bicyclic) bond motifs is 1. The van der Waals surface area contributed by atoms with Gasteiger partial charge in [0.15, 0.2) is 17.0 Å². The fraction of sp³-hybridized carbons (Fsp3) is 0.350. The maximum absolute atomic E-state index is 12.4. The van der Waals surface area contributed by atoms with Crippen LogP contribution in [0.25, 0.3) is 22.6 Å². The molecule has 0 aliphatic rings. The first-order chi connectivity index (χ1) is 15.0. The molecule has 1 aromatic carbocycles. The topological polar surface area (TPSA) is 123 Å². The normalized spacial score (nSPS) is 11.3. The minimum absolute atomic E-state index is 0.389. The highest BCUT2D eigenvalue weighted by Crippen LogP contribution is 2.24. The van der Waals surface area contributed by atoms with Crippen LogP contribution in [0.2, 0.25) is 0 Å². The second kappa shape index (κ2) is 8.80. The van der Waals surface area contributed by atoms with Gasteiger partial charge in [-0.1, -0.05) is 25.1 Å². The van der Waals surface area contributed by atoms with E-state index in [0.29, 0.717) is 40.3 Å². The number of nitrogens with zero attached hydrogens (tertiary/aromatic N) is 5. The number of aromatic nitrogens is 7. The van der Waals surface area contributed by atoms with E-state index in [9.17, 15) is 9.59 Å². The standard InChI is InChI=1S/C20H23N7O3S/c1-4-5-10-27-17-15(18(28)23-20(27)29)26(2)14(21-17)11-31-19-22-16(24-25-19)12-6-8-13(30-3)9-7-12/h6-9H,4-5,10-11H2,1-3H3,(H,22,24,25)(H,23,28,29). The molecule has 0 atom stereocenters. The van der Waals surface area contributed by atoms with Crippen LogP contribution in [0.3, 0.4) is 0 Å². The van der Waals surface area contributed by atoms with E-state index in [1.165, 1.54) is 16.3 Å². The van der Waals surface area contributed by atoms with Crippen LogP contribution in [0, 0.1) is 0 Å². The number of nitrogens with one attached hydrogen (secondary N) is 2. The molecule has 162 valence electrons. The van der Waals surface area contributed by atoms with E-state index >= 15 is 0 Å². The minimum Gasteiger partial charge on any atom is -0.497 e. The Labute approximate surface area is 181 Å². The number of H-pyrrole nitrogens is 2. The lowest BCUT2D eigenvalue weighted by molar-refractivity contribution is 0.415. The number of imidazole rings is 1. The average molecular weight is 442 g/mol. The van der Waals surface area contributed by atoms with Crippen LogP contribution >= 0.6 is 11.8 Å². The van der Waals surface area contributed by atoms with Crippen molar-refractivity contribution in [2.75, 3.05) is 7.11 Å². The van der Waals surface area contributed by atoms with E-state index in [1.807, 2.05) is 31.2 Å². The smallest absolute Gasteiger partial charge is 0.330 e. The Kier molecular flexibility index (Phi) is 5.94. The Balaban J connectivity index is 1.57. The van der Waals surface area contributed by atoms with Crippen LogP contribution in [0.5, 0.6) is 5.75 Å². The van der Waals surface area contributed by atoms with Gasteiger partial charge < -0.3 is 9.30 Å². The molecule has 0 saturated carbocycles. The zero-order valence-corrected chi connectivity index (χ0v) is 18.3. The highest BCUT2D eigenvalue weighted by Gasteiger charge is 2.17. The molecule has 0 saturated heterocycles. The summed E-state index contributed by atoms with van der Waals surface area (Å²) in [5.41, 5.74) is 0.837. The van der Waals surface area contributed by atoms with Gasteiger partial charge in [-0.15, -0.1) is 5.10 Å². The third-order valence-electron chi connectivity index (χ3n) is 5.00. The predicted molar refractivity (Wildman–Crippen MR) is 118 cm³/mol. The predicted octanol–water partition coefficient (Wildman–Crippen LogP) is 2.31. The van der Waals surface area contributed by atoms with Gasteiger partial charge in [-0.05, 0) is 30.7 Å². The number of methoxy groups -OCH3 is 1. The number of aromatic amines is 2. The summed E-state index contributed by atoms with van der Waals surface area (Å²) < 4.78 is 8.43. The number of hydrogen-bond donors (Lipinski definition) is 2. The van der Waals surface area contributed by atoms with E-state index in [2.05, 4.69) is 25.1 Å². The monoisotopic (exact) mass is 441 g/mol. The van der Waals surface area contributed by atoms with Crippen LogP contribution in [0.4, 0.5) is 0 Å². The van der Waals surface area contributed by atoms with Gasteiger partial charge in [0.1, 0.15) is 11.6 Å². The summed E-state index contributed by atoms with van der Waals surface area (Å²) in [5, 5.41) is 7.76. The van der Waals surface area contributed by atoms with Crippen LogP contribution in [-0.4, -0.2) is 41.4 Å². The first-order valence-electron chi connectivity index (χ1n) is 9.89. The Morgan fingerprint density at radius 1 is 1.16 bits per heavy atom. The molecule has 0 unspecified atom stereocenters. The van der Waals surface area contributed by atoms with Gasteiger partial charge >= 0.3 is 5.69 Å². The van der Waals surface area contributed by atoms with E-state index in [4.69, 9.17) is 4.74 Å². The summed E-state index contributed by atoms with van der Waals surface area (Å²) in [6.07, 6.45) is 1.76. The first-order valence-corrected chi connectivity index (χ1v) is 10.9. The molecule has 0 radical (unpaired) electrons. The van der Waals surface area contributed by atoms with Crippen molar-refractivity contribution >= 4 is 22.9 Å². The van der Waals surface area contributed by atoms with Crippen molar-refractivity contribution in [3.63, 3.8) is 0 Å². The van der Waals surface area contributed by atoms with Crippen molar-refractivity contribution in [3.05, 3.63) is 50.9 Å². The van der Waals surface area contributed by atoms with Crippen molar-refractivity contribution in [1.29, 1.82) is 0 Å². The number of aryl methyl sites for hydroxylation is 2. The van der Waals surface area contributed by atoms with Crippen molar-refractivity contribution in [2.24, 2.45) is 7.05 Å². The summed E-state index contributed by atoms with van der Waals surface area (Å²) in [7, 11) is 3.39. The molecule has 4 aromatic rings. The Morgan fingerprint density at radius 2 is 1.94 bits per heavy atom. The molecule has 2 N–H and O–H groups in total. The lowest BCUT2D eigenvalue weighted by atomic mass is 10.2. The van der Waals surface area contributed by atoms with E-state index in [0.717, 1.165) is 24.2 Å². The van der Waals surface area contributed by atoms with Crippen molar-refractivity contribution in [3.8, 4) is 17.1 Å². The highest BCUT2D eigenvalue weighted by atomic mass is 32.2. The number of unbranched alkanes of at least 4 members (excludes halogenated alkanes) is 1. The number of rotatable bonds is 8. The lowest BCUT2D eigenvalue weighted by Crippen LogP contribution is -2.31. The largest absolute Gasteiger partial charge is 0.497 e. The Morgan fingerprint density at radius 3 is 2.65 bits per heavy atom. The molecule has 3 aromatic heterocycles. The Bertz CT molecular complexity index is 1320. The average Bonchev–Trinajstić information content (AvgIpc) is 3.37. The molecule has 0 aliphatic heterocycles. The molecule has 0 aliphatic carbocycles. The fourth-order valence-corrected chi connectivity index (χ4v) is 4.04. The minimum atomic E-state index is -0.432. The van der Waals surface area contributed by atoms with Crippen molar-refractivity contribution in [2.45, 2.75) is 37.2 Å². The zero-order valence-electron chi connectivity index (χ0n) is 17.5. The molecule has 0 spiro atoms. The van der Waals surface area contributed by atoms with Gasteiger partial charge in [0, 0.05) is 19.2 Å². The van der Waals surface area contributed by atoms with Gasteiger partial charge in [-0.3, -0.25) is 19.4 Å². The first kappa shape index (κ1) is 20.9. The third-order valence-corrected chi connectivity index (χ3v) is 5.84. The quantitative estimate of drug-likeness (QED) is 0.402. The van der Waals surface area contributed by atoms with Crippen LogP contribution < -0.4 is 16.0 Å². The number of ether oxygens (including phenoxy) is 1. The molecule has 3 heterocycles. The number of benzene rings is 1. The van der Waals surface area contributed by atoms with Crippen LogP contribution in [0.15, 0.2) is 39.0 Å². The molecule has 10 nitrogen and oxygen atoms in total. The molecule has 0 bridgehead atoms. The molecule has 4 rings (SSSR count). The number of hydrogen-bond acceptors (Lipinski definition) is 7. The summed E-state index contributed by atoms with van der Waals surface area (Å²) in [4.78, 5) is 36.1. The van der Waals surface area contributed by atoms with Gasteiger partial charge in [0.25, 0.3) is 5.56 Å². The van der Waals surface area contributed by atoms with Gasteiger partial charge in [0.2, 0.25) is 5.16 Å². The maximum Gasteiger partial charge on any atom is 0.330 e. The third kappa shape index (κ3) is 4.13. The molecule has 31 heavy (non-hydrogen) atoms. The summed E-state index contributed by atoms with van der Waals surface area (Å²) in [5.74, 6) is 2.54. The molecule has 11 heteroatoms. The molecular formula is C20H23N7O3S. The number of thioether (sulfide) groups is 1. The maximum atomic E-state index is 12.4. The molecular weight excluding hydrogens is 418 g/mol. The SMILES string of the molecule is CCCCn1c(=O)[nH]c(=O)c2c1nc(CSc1n[nH]c(-c3ccc(OC)cc3)n1)n2C. The second-order valence-corrected chi connectivity index (χ2v) is 7.95. The summed E-state index contributed by atoms with van der Waals surface area (Å²) in [6.45, 7) is 2.56. The van der Waals surface area contributed by atoms with Gasteiger partial charge in [0.05, 0.1) is 12.9 Å². The van der Waals surface area contributed by atoms with Crippen molar-refractivity contribution in [1.82, 2.24) is 34.3 Å². The summed E-state index contributed by atoms with van der Waals surface area (Å²) in [6, 6.07) is 7.53. The fourth-order valence-electron chi connectivity index (χ4n) is 3.26. The molecule has 0 amide bonds. The Hall–Kier alpha value is -3.34.